The average Bonchev–Trinajstić information content (AvgIpc) is 3.40. The van der Waals surface area contributed by atoms with Crippen LogP contribution < -0.4 is 11.1 Å². The maximum absolute atomic E-state index is 13.5. The molecule has 1 aliphatic heterocycles. The van der Waals surface area contributed by atoms with Crippen molar-refractivity contribution < 1.29 is 26.7 Å². The van der Waals surface area contributed by atoms with Crippen LogP contribution in [0.2, 0.25) is 0 Å². The molecule has 0 saturated carbocycles. The Labute approximate surface area is 198 Å². The van der Waals surface area contributed by atoms with Crippen molar-refractivity contribution in [1.82, 2.24) is 34.5 Å². The van der Waals surface area contributed by atoms with Gasteiger partial charge in [0.1, 0.15) is 29.1 Å². The molecule has 4 aromatic rings. The maximum Gasteiger partial charge on any atom is 0.453 e. The SMILES string of the molecule is CC1(c2ccccn2)C(=O)Nc2nc(-c3cn4ncnc4c(CCC(F)(F)C(F)(F)F)n3)nc(N)c21. The number of amides is 1. The van der Waals surface area contributed by atoms with Crippen LogP contribution in [0, 0.1) is 0 Å². The van der Waals surface area contributed by atoms with Gasteiger partial charge in [0.2, 0.25) is 5.91 Å². The number of nitrogens with one attached hydrogen (secondary N) is 1. The van der Waals surface area contributed by atoms with Crippen LogP contribution in [0.4, 0.5) is 33.6 Å². The van der Waals surface area contributed by atoms with Crippen LogP contribution >= 0.6 is 0 Å². The number of nitrogens with zero attached hydrogens (tertiary/aromatic N) is 7. The lowest BCUT2D eigenvalue weighted by Crippen LogP contribution is -2.36. The Morgan fingerprint density at radius 2 is 1.89 bits per heavy atom. The minimum atomic E-state index is -5.70. The molecule has 0 saturated heterocycles. The molecular formula is C21H16F5N9O. The third-order valence-electron chi connectivity index (χ3n) is 5.95. The van der Waals surface area contributed by atoms with Gasteiger partial charge in [-0.15, -0.1) is 0 Å². The third kappa shape index (κ3) is 3.58. The lowest BCUT2D eigenvalue weighted by Gasteiger charge is -2.22. The summed E-state index contributed by atoms with van der Waals surface area (Å²) < 4.78 is 66.2. The predicted octanol–water partition coefficient (Wildman–Crippen LogP) is 2.95. The van der Waals surface area contributed by atoms with Gasteiger partial charge in [0.15, 0.2) is 11.5 Å². The summed E-state index contributed by atoms with van der Waals surface area (Å²) in [6.45, 7) is 1.62. The smallest absolute Gasteiger partial charge is 0.383 e. The summed E-state index contributed by atoms with van der Waals surface area (Å²) in [6, 6.07) is 5.06. The Kier molecular flexibility index (Phi) is 5.12. The van der Waals surface area contributed by atoms with Crippen molar-refractivity contribution in [3.8, 4) is 11.5 Å². The number of hydrogen-bond donors (Lipinski definition) is 2. The lowest BCUT2D eigenvalue weighted by molar-refractivity contribution is -0.284. The summed E-state index contributed by atoms with van der Waals surface area (Å²) in [6.07, 6.45) is -4.05. The molecule has 1 aliphatic rings. The number of anilines is 2. The fraction of sp³-hybridized carbons (Fsp3) is 0.286. The van der Waals surface area contributed by atoms with E-state index in [0.717, 1.165) is 10.8 Å². The van der Waals surface area contributed by atoms with E-state index in [1.165, 1.54) is 12.4 Å². The first kappa shape index (κ1) is 23.4. The molecule has 0 radical (unpaired) electrons. The van der Waals surface area contributed by atoms with Gasteiger partial charge in [-0.2, -0.15) is 27.1 Å². The van der Waals surface area contributed by atoms with E-state index in [1.54, 1.807) is 25.1 Å². The standard InChI is InChI=1S/C21H16F5N9O/c1-19(12-4-2-3-7-28-12)13-14(27)32-15(33-16(13)34-18(19)36)11-8-35-17(29-9-30-35)10(31-11)5-6-20(22,23)21(24,25)26/h2-4,7-9H,5-6H2,1H3,(H3,27,32,33,34,36). The summed E-state index contributed by atoms with van der Waals surface area (Å²) in [7, 11) is 0. The van der Waals surface area contributed by atoms with Gasteiger partial charge in [0.05, 0.1) is 23.1 Å². The summed E-state index contributed by atoms with van der Waals surface area (Å²) in [5, 5.41) is 6.57. The molecular weight excluding hydrogens is 489 g/mol. The van der Waals surface area contributed by atoms with Crippen molar-refractivity contribution in [2.24, 2.45) is 0 Å². The number of alkyl halides is 5. The lowest BCUT2D eigenvalue weighted by atomic mass is 9.81. The summed E-state index contributed by atoms with van der Waals surface area (Å²) in [4.78, 5) is 33.8. The molecule has 186 valence electrons. The van der Waals surface area contributed by atoms with Crippen molar-refractivity contribution in [3.05, 3.63) is 53.9 Å². The van der Waals surface area contributed by atoms with Gasteiger partial charge in [-0.1, -0.05) is 6.07 Å². The van der Waals surface area contributed by atoms with Crippen LogP contribution in [0.5, 0.6) is 0 Å². The molecule has 5 heterocycles. The molecule has 0 fully saturated rings. The fourth-order valence-electron chi connectivity index (χ4n) is 4.01. The molecule has 1 amide bonds. The van der Waals surface area contributed by atoms with Gasteiger partial charge < -0.3 is 11.1 Å². The van der Waals surface area contributed by atoms with E-state index in [2.05, 4.69) is 35.3 Å². The second kappa shape index (κ2) is 7.86. The Balaban J connectivity index is 1.57. The predicted molar refractivity (Wildman–Crippen MR) is 115 cm³/mol. The zero-order valence-corrected chi connectivity index (χ0v) is 18.4. The number of hydrogen-bond acceptors (Lipinski definition) is 8. The van der Waals surface area contributed by atoms with Crippen LogP contribution in [0.1, 0.15) is 30.3 Å². The van der Waals surface area contributed by atoms with E-state index in [-0.39, 0.29) is 34.5 Å². The van der Waals surface area contributed by atoms with Gasteiger partial charge in [-0.05, 0) is 25.5 Å². The number of aryl methyl sites for hydroxylation is 1. The molecule has 3 N–H and O–H groups in total. The monoisotopic (exact) mass is 505 g/mol. The molecule has 4 aromatic heterocycles. The van der Waals surface area contributed by atoms with Gasteiger partial charge in [-0.3, -0.25) is 9.78 Å². The Hall–Kier alpha value is -4.30. The molecule has 36 heavy (non-hydrogen) atoms. The Bertz CT molecular complexity index is 1490. The summed E-state index contributed by atoms with van der Waals surface area (Å²) in [5.41, 5.74) is 5.46. The molecule has 10 nitrogen and oxygen atoms in total. The van der Waals surface area contributed by atoms with Crippen molar-refractivity contribution in [3.63, 3.8) is 0 Å². The fourth-order valence-corrected chi connectivity index (χ4v) is 4.01. The average molecular weight is 505 g/mol. The maximum atomic E-state index is 13.5. The number of carbonyl (C=O) groups is 1. The van der Waals surface area contributed by atoms with Crippen LogP contribution in [0.25, 0.3) is 17.2 Å². The molecule has 0 aliphatic carbocycles. The number of aromatic nitrogens is 7. The van der Waals surface area contributed by atoms with Gasteiger partial charge >= 0.3 is 12.1 Å². The van der Waals surface area contributed by atoms with Gasteiger partial charge in [0, 0.05) is 12.6 Å². The number of pyridine rings is 1. The van der Waals surface area contributed by atoms with Gasteiger partial charge in [-0.25, -0.2) is 24.5 Å². The number of nitrogen functional groups attached to an aromatic ring is 1. The summed E-state index contributed by atoms with van der Waals surface area (Å²) >= 11 is 0. The van der Waals surface area contributed by atoms with Crippen LogP contribution in [0.15, 0.2) is 36.9 Å². The molecule has 1 unspecified atom stereocenters. The number of halogens is 5. The highest BCUT2D eigenvalue weighted by Gasteiger charge is 2.56. The Morgan fingerprint density at radius 3 is 2.58 bits per heavy atom. The van der Waals surface area contributed by atoms with Crippen molar-refractivity contribution in [2.75, 3.05) is 11.1 Å². The normalized spacial score (nSPS) is 17.9. The second-order valence-corrected chi connectivity index (χ2v) is 8.25. The zero-order chi connectivity index (χ0) is 25.9. The quantitative estimate of drug-likeness (QED) is 0.395. The highest BCUT2D eigenvalue weighted by Crippen LogP contribution is 2.44. The largest absolute Gasteiger partial charge is 0.453 e. The minimum Gasteiger partial charge on any atom is -0.383 e. The van der Waals surface area contributed by atoms with E-state index in [4.69, 9.17) is 5.73 Å². The van der Waals surface area contributed by atoms with E-state index >= 15 is 0 Å². The molecule has 0 bridgehead atoms. The van der Waals surface area contributed by atoms with E-state index in [0.29, 0.717) is 11.3 Å². The van der Waals surface area contributed by atoms with Crippen LogP contribution in [-0.2, 0) is 16.6 Å². The summed E-state index contributed by atoms with van der Waals surface area (Å²) in [5.74, 6) is -5.42. The number of fused-ring (bicyclic) bond motifs is 2. The highest BCUT2D eigenvalue weighted by molar-refractivity contribution is 6.08. The van der Waals surface area contributed by atoms with Gasteiger partial charge in [0.25, 0.3) is 0 Å². The highest BCUT2D eigenvalue weighted by atomic mass is 19.4. The first-order chi connectivity index (χ1) is 16.9. The van der Waals surface area contributed by atoms with E-state index in [9.17, 15) is 26.7 Å². The second-order valence-electron chi connectivity index (χ2n) is 8.25. The first-order valence-electron chi connectivity index (χ1n) is 10.5. The van der Waals surface area contributed by atoms with Crippen LogP contribution in [-0.4, -0.2) is 52.5 Å². The van der Waals surface area contributed by atoms with E-state index in [1.807, 2.05) is 0 Å². The van der Waals surface area contributed by atoms with Crippen LogP contribution in [0.3, 0.4) is 0 Å². The molecule has 1 atom stereocenters. The topological polar surface area (TPSA) is 137 Å². The molecule has 5 rings (SSSR count). The molecule has 15 heteroatoms. The minimum absolute atomic E-state index is 0.00175. The third-order valence-corrected chi connectivity index (χ3v) is 5.95. The number of carbonyl (C=O) groups excluding carboxylic acids is 1. The zero-order valence-electron chi connectivity index (χ0n) is 18.4. The number of rotatable bonds is 5. The first-order valence-corrected chi connectivity index (χ1v) is 10.5. The number of nitrogens with two attached hydrogens (primary N) is 1. The molecule has 0 spiro atoms. The van der Waals surface area contributed by atoms with Crippen molar-refractivity contribution in [2.45, 2.75) is 37.3 Å². The van der Waals surface area contributed by atoms with E-state index < -0.39 is 36.3 Å². The molecule has 0 aromatic carbocycles. The Morgan fingerprint density at radius 1 is 1.11 bits per heavy atom. The van der Waals surface area contributed by atoms with Crippen molar-refractivity contribution in [1.29, 1.82) is 0 Å². The van der Waals surface area contributed by atoms with Crippen molar-refractivity contribution >= 4 is 23.2 Å².